The number of nitrogens with zero attached hydrogens (tertiary/aromatic N) is 2. The summed E-state index contributed by atoms with van der Waals surface area (Å²) >= 11 is 9.17. The van der Waals surface area contributed by atoms with Crippen LogP contribution in [0.25, 0.3) is 41.0 Å². The summed E-state index contributed by atoms with van der Waals surface area (Å²) in [7, 11) is 0. The van der Waals surface area contributed by atoms with Crippen LogP contribution in [0.3, 0.4) is 0 Å². The Balaban J connectivity index is 1.18. The molecule has 0 amide bonds. The standard InChI is InChI=1S/C39H44N2S5/c1-6-8-10-12-14-25-19-33(42-23-25)34-20-26(15-13-11-9-7-2)31(44-34)21-27-16-17-28(36-35(27)40-46-41-36)32-22-30-38(45-32)37-29(39(30,4)5)18-24(3)43-37/h16-20,22-23H,6-15,21H2,1-5H3. The summed E-state index contributed by atoms with van der Waals surface area (Å²) in [5, 5.41) is 2.40. The first-order valence-corrected chi connectivity index (χ1v) is 21.1. The molecular weight excluding hydrogens is 657 g/mol. The molecule has 1 aliphatic carbocycles. The van der Waals surface area contributed by atoms with Crippen LogP contribution in [0.4, 0.5) is 0 Å². The van der Waals surface area contributed by atoms with Crippen molar-refractivity contribution in [1.29, 1.82) is 0 Å². The van der Waals surface area contributed by atoms with E-state index in [1.165, 1.54) is 143 Å². The maximum atomic E-state index is 4.90. The zero-order valence-corrected chi connectivity index (χ0v) is 31.8. The lowest BCUT2D eigenvalue weighted by atomic mass is 9.83. The lowest BCUT2D eigenvalue weighted by Crippen LogP contribution is -2.13. The molecule has 2 nitrogen and oxygen atoms in total. The van der Waals surface area contributed by atoms with Crippen LogP contribution in [0.2, 0.25) is 0 Å². The minimum atomic E-state index is 0.0480. The molecule has 0 fully saturated rings. The van der Waals surface area contributed by atoms with Gasteiger partial charge in [-0.2, -0.15) is 8.75 Å². The minimum absolute atomic E-state index is 0.0480. The Morgan fingerprint density at radius 2 is 1.41 bits per heavy atom. The fraction of sp³-hybridized carbons (Fsp3) is 0.436. The van der Waals surface area contributed by atoms with Crippen LogP contribution < -0.4 is 0 Å². The number of aryl methyl sites for hydroxylation is 3. The summed E-state index contributed by atoms with van der Waals surface area (Å²) in [6.07, 6.45) is 13.8. The molecule has 0 saturated carbocycles. The zero-order valence-electron chi connectivity index (χ0n) is 27.8. The number of unbranched alkanes of at least 4 members (excludes halogenated alkanes) is 6. The summed E-state index contributed by atoms with van der Waals surface area (Å²) in [5.74, 6) is 0. The molecular formula is C39H44N2S5. The Bertz CT molecular complexity index is 1960. The van der Waals surface area contributed by atoms with E-state index in [1.54, 1.807) is 0 Å². The highest BCUT2D eigenvalue weighted by Gasteiger charge is 2.39. The van der Waals surface area contributed by atoms with Gasteiger partial charge in [-0.25, -0.2) is 0 Å². The van der Waals surface area contributed by atoms with Crippen LogP contribution in [-0.4, -0.2) is 8.75 Å². The molecule has 240 valence electrons. The van der Waals surface area contributed by atoms with Crippen molar-refractivity contribution >= 4 is 68.1 Å². The number of hydrogen-bond donors (Lipinski definition) is 0. The Labute approximate surface area is 294 Å². The number of rotatable bonds is 14. The highest BCUT2D eigenvalue weighted by atomic mass is 32.1. The van der Waals surface area contributed by atoms with Crippen molar-refractivity contribution in [3.8, 4) is 29.9 Å². The molecule has 6 aromatic rings. The monoisotopic (exact) mass is 700 g/mol. The third-order valence-electron chi connectivity index (χ3n) is 9.67. The van der Waals surface area contributed by atoms with Gasteiger partial charge < -0.3 is 0 Å². The molecule has 1 aliphatic rings. The van der Waals surface area contributed by atoms with E-state index in [0.717, 1.165) is 17.5 Å². The largest absolute Gasteiger partial charge is 0.173 e. The summed E-state index contributed by atoms with van der Waals surface area (Å²) in [4.78, 5) is 10.0. The van der Waals surface area contributed by atoms with Crippen molar-refractivity contribution in [1.82, 2.24) is 8.75 Å². The van der Waals surface area contributed by atoms with Crippen molar-refractivity contribution in [3.63, 3.8) is 0 Å². The van der Waals surface area contributed by atoms with Gasteiger partial charge in [0, 0.05) is 51.5 Å². The van der Waals surface area contributed by atoms with Crippen LogP contribution >= 0.6 is 57.1 Å². The van der Waals surface area contributed by atoms with Gasteiger partial charge in [-0.15, -0.1) is 45.3 Å². The van der Waals surface area contributed by atoms with Crippen LogP contribution in [0.5, 0.6) is 0 Å². The number of aromatic nitrogens is 2. The first-order chi connectivity index (χ1) is 22.4. The Hall–Kier alpha value is -2.16. The second kappa shape index (κ2) is 13.8. The zero-order chi connectivity index (χ0) is 31.8. The topological polar surface area (TPSA) is 25.8 Å². The van der Waals surface area contributed by atoms with Gasteiger partial charge in [-0.3, -0.25) is 0 Å². The molecule has 0 N–H and O–H groups in total. The quantitative estimate of drug-likeness (QED) is 0.106. The summed E-state index contributed by atoms with van der Waals surface area (Å²) in [5.41, 5.74) is 10.7. The van der Waals surface area contributed by atoms with Gasteiger partial charge in [-0.05, 0) is 90.1 Å². The Morgan fingerprint density at radius 1 is 0.674 bits per heavy atom. The van der Waals surface area contributed by atoms with E-state index in [9.17, 15) is 0 Å². The fourth-order valence-corrected chi connectivity index (χ4v) is 12.5. The van der Waals surface area contributed by atoms with Gasteiger partial charge in [0.15, 0.2) is 0 Å². The molecule has 0 saturated heterocycles. The molecule has 0 aliphatic heterocycles. The van der Waals surface area contributed by atoms with Crippen LogP contribution in [0.1, 0.15) is 117 Å². The first-order valence-electron chi connectivity index (χ1n) is 17.1. The third-order valence-corrected chi connectivity index (χ3v) is 14.9. The molecule has 0 bridgehead atoms. The minimum Gasteiger partial charge on any atom is -0.173 e. The Morgan fingerprint density at radius 3 is 2.22 bits per heavy atom. The van der Waals surface area contributed by atoms with Crippen molar-refractivity contribution < 1.29 is 0 Å². The third kappa shape index (κ3) is 6.23. The highest BCUT2D eigenvalue weighted by Crippen LogP contribution is 2.57. The molecule has 0 spiro atoms. The van der Waals surface area contributed by atoms with Crippen molar-refractivity contribution in [2.24, 2.45) is 0 Å². The molecule has 5 aromatic heterocycles. The Kier molecular flexibility index (Phi) is 9.69. The molecule has 0 radical (unpaired) electrons. The van der Waals surface area contributed by atoms with Gasteiger partial charge in [0.25, 0.3) is 0 Å². The van der Waals surface area contributed by atoms with E-state index in [-0.39, 0.29) is 5.41 Å². The van der Waals surface area contributed by atoms with Gasteiger partial charge >= 0.3 is 0 Å². The lowest BCUT2D eigenvalue weighted by molar-refractivity contribution is 0.663. The van der Waals surface area contributed by atoms with Crippen molar-refractivity contribution in [2.45, 2.75) is 111 Å². The lowest BCUT2D eigenvalue weighted by Gasteiger charge is -2.19. The van der Waals surface area contributed by atoms with E-state index in [4.69, 9.17) is 8.75 Å². The van der Waals surface area contributed by atoms with E-state index in [2.05, 4.69) is 76.4 Å². The summed E-state index contributed by atoms with van der Waals surface area (Å²) in [6.45, 7) is 11.6. The molecule has 5 heterocycles. The maximum Gasteiger partial charge on any atom is 0.113 e. The van der Waals surface area contributed by atoms with Gasteiger partial charge in [0.2, 0.25) is 0 Å². The van der Waals surface area contributed by atoms with E-state index in [1.807, 2.05) is 45.3 Å². The predicted molar refractivity (Wildman–Crippen MR) is 207 cm³/mol. The molecule has 46 heavy (non-hydrogen) atoms. The van der Waals surface area contributed by atoms with E-state index < -0.39 is 0 Å². The normalized spacial score (nSPS) is 13.6. The van der Waals surface area contributed by atoms with E-state index >= 15 is 0 Å². The highest BCUT2D eigenvalue weighted by molar-refractivity contribution is 7.24. The molecule has 0 unspecified atom stereocenters. The van der Waals surface area contributed by atoms with E-state index in [0.29, 0.717) is 0 Å². The summed E-state index contributed by atoms with van der Waals surface area (Å²) in [6, 6.07) is 14.5. The van der Waals surface area contributed by atoms with Crippen molar-refractivity contribution in [2.75, 3.05) is 0 Å². The van der Waals surface area contributed by atoms with Crippen molar-refractivity contribution in [3.05, 3.63) is 79.3 Å². The number of hydrogen-bond acceptors (Lipinski definition) is 7. The average Bonchev–Trinajstić information content (AvgIpc) is 3.88. The fourth-order valence-electron chi connectivity index (χ4n) is 6.96. The average molecular weight is 701 g/mol. The van der Waals surface area contributed by atoms with Crippen LogP contribution in [0.15, 0.2) is 41.8 Å². The second-order valence-electron chi connectivity index (χ2n) is 13.5. The second-order valence-corrected chi connectivity index (χ2v) is 18.4. The van der Waals surface area contributed by atoms with Gasteiger partial charge in [0.05, 0.1) is 11.7 Å². The van der Waals surface area contributed by atoms with Crippen LogP contribution in [-0.2, 0) is 24.7 Å². The number of thiophene rings is 4. The predicted octanol–water partition coefficient (Wildman–Crippen LogP) is 13.7. The smallest absolute Gasteiger partial charge is 0.113 e. The number of fused-ring (bicyclic) bond motifs is 4. The maximum absolute atomic E-state index is 4.90. The molecule has 1 aromatic carbocycles. The first kappa shape index (κ1) is 32.4. The van der Waals surface area contributed by atoms with Gasteiger partial charge in [-0.1, -0.05) is 78.4 Å². The van der Waals surface area contributed by atoms with Gasteiger partial charge in [0.1, 0.15) is 11.0 Å². The molecule has 7 heteroatoms. The SMILES string of the molecule is CCCCCCc1csc(-c2cc(CCCCCC)c(Cc3ccc(-c4cc5c(s4)-c4sc(C)cc4C5(C)C)c4nsnc34)s2)c1. The number of benzene rings is 1. The molecule has 7 rings (SSSR count). The molecule has 0 atom stereocenters. The summed E-state index contributed by atoms with van der Waals surface area (Å²) < 4.78 is 9.80. The van der Waals surface area contributed by atoms with Crippen LogP contribution in [0, 0.1) is 6.92 Å².